The fraction of sp³-hybridized carbons (Fsp3) is 0.909. The van der Waals surface area contributed by atoms with Gasteiger partial charge in [0.25, 0.3) is 0 Å². The first-order valence-electron chi connectivity index (χ1n) is 5.42. The summed E-state index contributed by atoms with van der Waals surface area (Å²) < 4.78 is 5.40. The predicted octanol–water partition coefficient (Wildman–Crippen LogP) is 2.37. The van der Waals surface area contributed by atoms with Gasteiger partial charge in [-0.25, -0.2) is 0 Å². The highest BCUT2D eigenvalue weighted by atomic mass is 16.6. The van der Waals surface area contributed by atoms with Crippen LogP contribution in [0.4, 0.5) is 0 Å². The average Bonchev–Trinajstić information content (AvgIpc) is 2.39. The first-order valence-corrected chi connectivity index (χ1v) is 5.42. The molecule has 0 aromatic carbocycles. The lowest BCUT2D eigenvalue weighted by molar-refractivity contribution is -0.144. The van der Waals surface area contributed by atoms with Gasteiger partial charge in [-0.3, -0.25) is 4.79 Å². The van der Waals surface area contributed by atoms with Crippen LogP contribution in [-0.2, 0) is 9.53 Å². The molecule has 1 aliphatic heterocycles. The van der Waals surface area contributed by atoms with E-state index in [1.807, 2.05) is 0 Å². The van der Waals surface area contributed by atoms with E-state index in [2.05, 4.69) is 13.8 Å². The number of ether oxygens (including phenoxy) is 1. The lowest BCUT2D eigenvalue weighted by Gasteiger charge is -2.29. The monoisotopic (exact) mass is 182 g/mol. The van der Waals surface area contributed by atoms with Crippen molar-refractivity contribution in [3.8, 4) is 0 Å². The number of esters is 1. The van der Waals surface area contributed by atoms with Gasteiger partial charge in [0.15, 0.2) is 0 Å². The smallest absolute Gasteiger partial charge is 0.309 e. The van der Waals surface area contributed by atoms with Crippen LogP contribution in [0.5, 0.6) is 0 Å². The van der Waals surface area contributed by atoms with E-state index in [0.29, 0.717) is 5.92 Å². The molecular formula is C11H18O2. The van der Waals surface area contributed by atoms with Crippen molar-refractivity contribution in [2.75, 3.05) is 0 Å². The van der Waals surface area contributed by atoms with Gasteiger partial charge in [0.05, 0.1) is 5.92 Å². The first-order chi connectivity index (χ1) is 6.22. The minimum Gasteiger partial charge on any atom is -0.462 e. The summed E-state index contributed by atoms with van der Waals surface area (Å²) in [5.41, 5.74) is 0. The third kappa shape index (κ3) is 1.47. The second-order valence-corrected chi connectivity index (χ2v) is 4.57. The Kier molecular flexibility index (Phi) is 2.31. The summed E-state index contributed by atoms with van der Waals surface area (Å²) in [6.07, 6.45) is 4.76. The highest BCUT2D eigenvalue weighted by Crippen LogP contribution is 2.41. The highest BCUT2D eigenvalue weighted by Gasteiger charge is 2.45. The van der Waals surface area contributed by atoms with Gasteiger partial charge in [-0.15, -0.1) is 0 Å². The molecule has 2 nitrogen and oxygen atoms in total. The molecule has 0 N–H and O–H groups in total. The molecule has 2 rings (SSSR count). The van der Waals surface area contributed by atoms with E-state index in [0.717, 1.165) is 18.8 Å². The molecule has 1 saturated carbocycles. The maximum atomic E-state index is 11.5. The zero-order valence-corrected chi connectivity index (χ0v) is 8.45. The molecule has 0 radical (unpaired) electrons. The molecule has 2 aliphatic rings. The van der Waals surface area contributed by atoms with Gasteiger partial charge in [0, 0.05) is 5.92 Å². The van der Waals surface area contributed by atoms with Crippen LogP contribution < -0.4 is 0 Å². The van der Waals surface area contributed by atoms with Gasteiger partial charge in [-0.1, -0.05) is 20.3 Å². The molecule has 0 unspecified atom stereocenters. The number of hydrogen-bond acceptors (Lipinski definition) is 2. The second-order valence-electron chi connectivity index (χ2n) is 4.57. The largest absolute Gasteiger partial charge is 0.462 e. The molecule has 0 bridgehead atoms. The van der Waals surface area contributed by atoms with Gasteiger partial charge in [0.2, 0.25) is 0 Å². The highest BCUT2D eigenvalue weighted by molar-refractivity contribution is 5.75. The summed E-state index contributed by atoms with van der Waals surface area (Å²) in [4.78, 5) is 11.5. The molecule has 0 aromatic heterocycles. The van der Waals surface area contributed by atoms with Crippen molar-refractivity contribution in [1.29, 1.82) is 0 Å². The van der Waals surface area contributed by atoms with Crippen LogP contribution in [0.15, 0.2) is 0 Å². The zero-order valence-electron chi connectivity index (χ0n) is 8.45. The maximum Gasteiger partial charge on any atom is 0.309 e. The van der Waals surface area contributed by atoms with Crippen molar-refractivity contribution in [2.45, 2.75) is 45.6 Å². The van der Waals surface area contributed by atoms with Crippen LogP contribution in [0.3, 0.4) is 0 Å². The summed E-state index contributed by atoms with van der Waals surface area (Å²) in [7, 11) is 0. The van der Waals surface area contributed by atoms with Crippen LogP contribution in [0, 0.1) is 17.8 Å². The summed E-state index contributed by atoms with van der Waals surface area (Å²) in [6, 6.07) is 0. The normalized spacial score (nSPS) is 44.3. The zero-order chi connectivity index (χ0) is 9.42. The number of carbonyl (C=O) groups excluding carboxylic acids is 1. The number of fused-ring (bicyclic) bond motifs is 1. The number of carbonyl (C=O) groups is 1. The molecule has 1 heterocycles. The lowest BCUT2D eigenvalue weighted by atomic mass is 9.75. The van der Waals surface area contributed by atoms with Crippen LogP contribution >= 0.6 is 0 Å². The molecule has 2 heteroatoms. The Morgan fingerprint density at radius 1 is 1.46 bits per heavy atom. The van der Waals surface area contributed by atoms with Gasteiger partial charge in [0.1, 0.15) is 6.10 Å². The third-order valence-electron chi connectivity index (χ3n) is 3.63. The summed E-state index contributed by atoms with van der Waals surface area (Å²) >= 11 is 0. The molecule has 1 saturated heterocycles. The van der Waals surface area contributed by atoms with E-state index in [-0.39, 0.29) is 18.0 Å². The molecule has 13 heavy (non-hydrogen) atoms. The Balaban J connectivity index is 2.08. The molecule has 1 aliphatic carbocycles. The Morgan fingerprint density at radius 2 is 2.23 bits per heavy atom. The SMILES string of the molecule is CC[C@H]1C(=O)O[C@@H]2C[C@H](C)CC[C@@H]21. The third-order valence-corrected chi connectivity index (χ3v) is 3.63. The van der Waals surface area contributed by atoms with E-state index in [1.165, 1.54) is 12.8 Å². The molecular weight excluding hydrogens is 164 g/mol. The summed E-state index contributed by atoms with van der Waals surface area (Å²) in [6.45, 7) is 4.34. The van der Waals surface area contributed by atoms with Crippen LogP contribution in [0.25, 0.3) is 0 Å². The summed E-state index contributed by atoms with van der Waals surface area (Å²) in [5.74, 6) is 1.54. The lowest BCUT2D eigenvalue weighted by Crippen LogP contribution is -2.27. The topological polar surface area (TPSA) is 26.3 Å². The Labute approximate surface area is 79.7 Å². The second kappa shape index (κ2) is 3.32. The van der Waals surface area contributed by atoms with Crippen molar-refractivity contribution in [2.24, 2.45) is 17.8 Å². The molecule has 0 amide bonds. The maximum absolute atomic E-state index is 11.5. The Hall–Kier alpha value is -0.530. The Bertz CT molecular complexity index is 212. The molecule has 4 atom stereocenters. The fourth-order valence-electron chi connectivity index (χ4n) is 2.83. The minimum absolute atomic E-state index is 0.0617. The quantitative estimate of drug-likeness (QED) is 0.582. The molecule has 74 valence electrons. The van der Waals surface area contributed by atoms with Crippen molar-refractivity contribution < 1.29 is 9.53 Å². The van der Waals surface area contributed by atoms with Crippen LogP contribution in [0.2, 0.25) is 0 Å². The predicted molar refractivity (Wildman–Crippen MR) is 50.2 cm³/mol. The fourth-order valence-corrected chi connectivity index (χ4v) is 2.83. The van der Waals surface area contributed by atoms with Gasteiger partial charge in [-0.05, 0) is 25.2 Å². The van der Waals surface area contributed by atoms with E-state index in [9.17, 15) is 4.79 Å². The molecule has 0 aromatic rings. The van der Waals surface area contributed by atoms with Crippen molar-refractivity contribution in [1.82, 2.24) is 0 Å². The van der Waals surface area contributed by atoms with E-state index >= 15 is 0 Å². The van der Waals surface area contributed by atoms with Gasteiger partial charge >= 0.3 is 5.97 Å². The minimum atomic E-state index is 0.0617. The average molecular weight is 182 g/mol. The number of rotatable bonds is 1. The van der Waals surface area contributed by atoms with Crippen LogP contribution in [0.1, 0.15) is 39.5 Å². The van der Waals surface area contributed by atoms with E-state index in [4.69, 9.17) is 4.74 Å². The summed E-state index contributed by atoms with van der Waals surface area (Å²) in [5, 5.41) is 0. The van der Waals surface area contributed by atoms with Crippen molar-refractivity contribution in [3.05, 3.63) is 0 Å². The van der Waals surface area contributed by atoms with Gasteiger partial charge < -0.3 is 4.74 Å². The van der Waals surface area contributed by atoms with Crippen molar-refractivity contribution >= 4 is 5.97 Å². The first kappa shape index (κ1) is 9.04. The number of hydrogen-bond donors (Lipinski definition) is 0. The molecule has 2 fully saturated rings. The standard InChI is InChI=1S/C11H18O2/c1-3-8-9-5-4-7(2)6-10(9)13-11(8)12/h7-10H,3-6H2,1-2H3/t7-,8-,9-,10-/m1/s1. The molecule has 0 spiro atoms. The van der Waals surface area contributed by atoms with Crippen molar-refractivity contribution in [3.63, 3.8) is 0 Å². The van der Waals surface area contributed by atoms with E-state index < -0.39 is 0 Å². The van der Waals surface area contributed by atoms with Crippen LogP contribution in [-0.4, -0.2) is 12.1 Å². The Morgan fingerprint density at radius 3 is 2.92 bits per heavy atom. The van der Waals surface area contributed by atoms with E-state index in [1.54, 1.807) is 0 Å². The van der Waals surface area contributed by atoms with Gasteiger partial charge in [-0.2, -0.15) is 0 Å².